The van der Waals surface area contributed by atoms with Gasteiger partial charge in [-0.15, -0.1) is 0 Å². The lowest BCUT2D eigenvalue weighted by Crippen LogP contribution is -2.37. The molecule has 1 aliphatic heterocycles. The second-order valence-electron chi connectivity index (χ2n) is 6.17. The molecule has 0 unspecified atom stereocenters. The van der Waals surface area contributed by atoms with Crippen LogP contribution in [0.2, 0.25) is 0 Å². The second kappa shape index (κ2) is 6.21. The average molecular weight is 257 g/mol. The minimum atomic E-state index is -0.0344. The highest BCUT2D eigenvalue weighted by atomic mass is 16.5. The summed E-state index contributed by atoms with van der Waals surface area (Å²) in [7, 11) is 0. The van der Waals surface area contributed by atoms with Crippen LogP contribution in [0.4, 0.5) is 0 Å². The third-order valence-corrected chi connectivity index (χ3v) is 4.10. The molecule has 1 heterocycles. The van der Waals surface area contributed by atoms with Gasteiger partial charge in [-0.2, -0.15) is 5.26 Å². The van der Waals surface area contributed by atoms with Crippen molar-refractivity contribution in [2.45, 2.75) is 45.1 Å². The van der Waals surface area contributed by atoms with Gasteiger partial charge in [0.15, 0.2) is 0 Å². The smallest absolute Gasteiger partial charge is 0.0629 e. The molecule has 1 fully saturated rings. The first-order valence-corrected chi connectivity index (χ1v) is 7.15. The van der Waals surface area contributed by atoms with E-state index in [4.69, 9.17) is 10.00 Å². The molecule has 102 valence electrons. The second-order valence-corrected chi connectivity index (χ2v) is 6.17. The summed E-state index contributed by atoms with van der Waals surface area (Å²) in [5.41, 5.74) is 1.31. The summed E-state index contributed by atoms with van der Waals surface area (Å²) in [5, 5.41) is 9.09. The van der Waals surface area contributed by atoms with Crippen molar-refractivity contribution in [3.8, 4) is 6.07 Å². The molecule has 2 atom stereocenters. The van der Waals surface area contributed by atoms with Gasteiger partial charge in [-0.25, -0.2) is 0 Å². The van der Waals surface area contributed by atoms with Gasteiger partial charge in [-0.05, 0) is 50.5 Å². The van der Waals surface area contributed by atoms with Crippen molar-refractivity contribution in [2.75, 3.05) is 6.61 Å². The van der Waals surface area contributed by atoms with E-state index < -0.39 is 0 Å². The molecule has 0 bridgehead atoms. The zero-order chi connectivity index (χ0) is 13.7. The summed E-state index contributed by atoms with van der Waals surface area (Å²) in [4.78, 5) is 0. The third-order valence-electron chi connectivity index (χ3n) is 4.10. The molecule has 0 spiro atoms. The van der Waals surface area contributed by atoms with E-state index in [1.54, 1.807) is 0 Å². The normalized spacial score (nSPS) is 23.5. The lowest BCUT2D eigenvalue weighted by Gasteiger charge is -2.38. The van der Waals surface area contributed by atoms with Gasteiger partial charge in [0.05, 0.1) is 11.7 Å². The fourth-order valence-corrected chi connectivity index (χ4v) is 3.12. The van der Waals surface area contributed by atoms with Gasteiger partial charge in [0.25, 0.3) is 0 Å². The fourth-order valence-electron chi connectivity index (χ4n) is 3.12. The zero-order valence-electron chi connectivity index (χ0n) is 11.9. The number of hydrogen-bond donors (Lipinski definition) is 0. The molecule has 0 radical (unpaired) electrons. The van der Waals surface area contributed by atoms with E-state index >= 15 is 0 Å². The molecule has 1 aromatic carbocycles. The highest BCUT2D eigenvalue weighted by Gasteiger charge is 2.33. The van der Waals surface area contributed by atoms with Crippen molar-refractivity contribution in [1.82, 2.24) is 0 Å². The van der Waals surface area contributed by atoms with Gasteiger partial charge in [0.1, 0.15) is 0 Å². The van der Waals surface area contributed by atoms with Crippen LogP contribution in [0.5, 0.6) is 0 Å². The van der Waals surface area contributed by atoms with Gasteiger partial charge in [0, 0.05) is 13.0 Å². The molecule has 1 aromatic rings. The lowest BCUT2D eigenvalue weighted by molar-refractivity contribution is -0.0821. The number of nitrogens with zero attached hydrogens (tertiary/aromatic N) is 1. The Kier molecular flexibility index (Phi) is 4.61. The predicted molar refractivity (Wildman–Crippen MR) is 76.6 cm³/mol. The summed E-state index contributed by atoms with van der Waals surface area (Å²) >= 11 is 0. The first-order chi connectivity index (χ1) is 9.11. The zero-order valence-corrected chi connectivity index (χ0v) is 11.9. The third kappa shape index (κ3) is 4.08. The topological polar surface area (TPSA) is 33.0 Å². The van der Waals surface area contributed by atoms with Gasteiger partial charge in [-0.3, -0.25) is 0 Å². The maximum absolute atomic E-state index is 9.09. The number of ether oxygens (including phenoxy) is 1. The van der Waals surface area contributed by atoms with Crippen LogP contribution in [-0.2, 0) is 11.2 Å². The van der Waals surface area contributed by atoms with Gasteiger partial charge in [-0.1, -0.05) is 30.3 Å². The Bertz CT molecular complexity index is 432. The Hall–Kier alpha value is -1.33. The predicted octanol–water partition coefficient (Wildman–Crippen LogP) is 3.96. The van der Waals surface area contributed by atoms with Gasteiger partial charge in [0.2, 0.25) is 0 Å². The van der Waals surface area contributed by atoms with Crippen LogP contribution in [0.3, 0.4) is 0 Å². The molecule has 0 saturated carbocycles. The van der Waals surface area contributed by atoms with E-state index in [1.165, 1.54) is 5.56 Å². The Balaban J connectivity index is 2.05. The fraction of sp³-hybridized carbons (Fsp3) is 0.588. The molecule has 0 aliphatic carbocycles. The molecule has 0 N–H and O–H groups in total. The Morgan fingerprint density at radius 2 is 2.11 bits per heavy atom. The molecular weight excluding hydrogens is 234 g/mol. The van der Waals surface area contributed by atoms with Crippen LogP contribution in [0.25, 0.3) is 0 Å². The van der Waals surface area contributed by atoms with Gasteiger partial charge >= 0.3 is 0 Å². The summed E-state index contributed by atoms with van der Waals surface area (Å²) < 4.78 is 5.79. The molecule has 0 amide bonds. The average Bonchev–Trinajstić information content (AvgIpc) is 2.38. The van der Waals surface area contributed by atoms with E-state index in [1.807, 2.05) is 6.07 Å². The molecular formula is C17H23NO. The minimum Gasteiger partial charge on any atom is -0.376 e. The van der Waals surface area contributed by atoms with E-state index in [0.29, 0.717) is 18.3 Å². The first kappa shape index (κ1) is 14.1. The van der Waals surface area contributed by atoms with Gasteiger partial charge < -0.3 is 4.74 Å². The van der Waals surface area contributed by atoms with Crippen molar-refractivity contribution in [1.29, 1.82) is 5.26 Å². The number of hydrogen-bond acceptors (Lipinski definition) is 2. The van der Waals surface area contributed by atoms with Crippen molar-refractivity contribution >= 4 is 0 Å². The van der Waals surface area contributed by atoms with Crippen molar-refractivity contribution in [3.63, 3.8) is 0 Å². The summed E-state index contributed by atoms with van der Waals surface area (Å²) in [6, 6.07) is 12.9. The molecule has 2 heteroatoms. The van der Waals surface area contributed by atoms with Crippen molar-refractivity contribution < 1.29 is 4.74 Å². The molecule has 0 aromatic heterocycles. The monoisotopic (exact) mass is 257 g/mol. The molecule has 2 nitrogen and oxygen atoms in total. The molecule has 19 heavy (non-hydrogen) atoms. The van der Waals surface area contributed by atoms with Crippen LogP contribution in [-0.4, -0.2) is 12.2 Å². The Morgan fingerprint density at radius 3 is 2.74 bits per heavy atom. The Labute approximate surface area is 116 Å². The first-order valence-electron chi connectivity index (χ1n) is 7.15. The maximum atomic E-state index is 9.09. The largest absolute Gasteiger partial charge is 0.376 e. The SMILES string of the molecule is CC1(C)C[C@@H]([C@@H](CC#N)Cc2ccccc2)CCO1. The molecule has 2 rings (SSSR count). The number of benzene rings is 1. The van der Waals surface area contributed by atoms with Crippen LogP contribution in [0, 0.1) is 23.2 Å². The van der Waals surface area contributed by atoms with E-state index in [0.717, 1.165) is 25.9 Å². The lowest BCUT2D eigenvalue weighted by atomic mass is 9.76. The summed E-state index contributed by atoms with van der Waals surface area (Å²) in [6.07, 6.45) is 3.81. The summed E-state index contributed by atoms with van der Waals surface area (Å²) in [6.45, 7) is 5.14. The standard InChI is InChI=1S/C17H23NO/c1-17(2)13-16(9-11-19-17)15(8-10-18)12-14-6-4-3-5-7-14/h3-7,15-16H,8-9,11-13H2,1-2H3/t15-,16-/m0/s1. The highest BCUT2D eigenvalue weighted by molar-refractivity contribution is 5.15. The maximum Gasteiger partial charge on any atom is 0.0629 e. The minimum absolute atomic E-state index is 0.0344. The van der Waals surface area contributed by atoms with Crippen LogP contribution >= 0.6 is 0 Å². The quantitative estimate of drug-likeness (QED) is 0.817. The van der Waals surface area contributed by atoms with Crippen molar-refractivity contribution in [3.05, 3.63) is 35.9 Å². The van der Waals surface area contributed by atoms with Crippen molar-refractivity contribution in [2.24, 2.45) is 11.8 Å². The highest BCUT2D eigenvalue weighted by Crippen LogP contribution is 2.36. The molecule has 1 aliphatic rings. The van der Waals surface area contributed by atoms with E-state index in [9.17, 15) is 0 Å². The van der Waals surface area contributed by atoms with E-state index in [2.05, 4.69) is 44.2 Å². The number of rotatable bonds is 4. The summed E-state index contributed by atoms with van der Waals surface area (Å²) in [5.74, 6) is 1.05. The van der Waals surface area contributed by atoms with Crippen LogP contribution in [0.1, 0.15) is 38.7 Å². The number of nitriles is 1. The van der Waals surface area contributed by atoms with Crippen LogP contribution < -0.4 is 0 Å². The molecule has 1 saturated heterocycles. The van der Waals surface area contributed by atoms with Crippen LogP contribution in [0.15, 0.2) is 30.3 Å². The van der Waals surface area contributed by atoms with E-state index in [-0.39, 0.29) is 5.60 Å². The Morgan fingerprint density at radius 1 is 1.37 bits per heavy atom.